The van der Waals surface area contributed by atoms with E-state index in [0.29, 0.717) is 46.9 Å². The quantitative estimate of drug-likeness (QED) is 0.300. The molecule has 5 aromatic rings. The number of amides is 1. The number of carbonyl (C=O) groups excluding carboxylic acids is 1. The van der Waals surface area contributed by atoms with Gasteiger partial charge in [0.2, 0.25) is 5.91 Å². The Hall–Kier alpha value is -5.40. The molecule has 0 fully saturated rings. The summed E-state index contributed by atoms with van der Waals surface area (Å²) in [6.07, 6.45) is 1.79. The van der Waals surface area contributed by atoms with Crippen LogP contribution < -0.4 is 4.90 Å². The Morgan fingerprint density at radius 1 is 0.975 bits per heavy atom. The van der Waals surface area contributed by atoms with E-state index in [0.717, 1.165) is 11.4 Å². The molecule has 10 heteroatoms. The van der Waals surface area contributed by atoms with Crippen LogP contribution >= 0.6 is 0 Å². The van der Waals surface area contributed by atoms with Gasteiger partial charge >= 0.3 is 0 Å². The van der Waals surface area contributed by atoms with E-state index in [9.17, 15) is 15.2 Å². The molecule has 40 heavy (non-hydrogen) atoms. The van der Waals surface area contributed by atoms with Crippen molar-refractivity contribution in [2.75, 3.05) is 12.0 Å². The van der Waals surface area contributed by atoms with Crippen molar-refractivity contribution in [2.24, 2.45) is 0 Å². The van der Waals surface area contributed by atoms with Crippen molar-refractivity contribution < 1.29 is 14.6 Å². The maximum Gasteiger partial charge on any atom is 0.229 e. The number of rotatable bonds is 8. The largest absolute Gasteiger partial charge is 0.506 e. The van der Waals surface area contributed by atoms with Crippen LogP contribution in [0.2, 0.25) is 0 Å². The maximum atomic E-state index is 12.9. The summed E-state index contributed by atoms with van der Waals surface area (Å²) in [6, 6.07) is 25.0. The van der Waals surface area contributed by atoms with Crippen LogP contribution in [0.15, 0.2) is 85.1 Å². The molecule has 0 aliphatic rings. The number of aromatic nitrogens is 5. The molecule has 0 unspecified atom stereocenters. The number of phenols is 1. The first-order chi connectivity index (χ1) is 19.4. The van der Waals surface area contributed by atoms with Gasteiger partial charge in [-0.3, -0.25) is 14.7 Å². The fourth-order valence-corrected chi connectivity index (χ4v) is 4.30. The number of para-hydroxylation sites is 2. The van der Waals surface area contributed by atoms with Gasteiger partial charge in [0.25, 0.3) is 0 Å². The zero-order valence-corrected chi connectivity index (χ0v) is 21.9. The zero-order valence-electron chi connectivity index (χ0n) is 21.9. The van der Waals surface area contributed by atoms with Gasteiger partial charge in [0.15, 0.2) is 0 Å². The van der Waals surface area contributed by atoms with Crippen molar-refractivity contribution >= 4 is 17.4 Å². The van der Waals surface area contributed by atoms with Crippen LogP contribution in [0, 0.1) is 11.3 Å². The highest BCUT2D eigenvalue weighted by Crippen LogP contribution is 2.35. The summed E-state index contributed by atoms with van der Waals surface area (Å²) in [6.45, 7) is 2.21. The number of anilines is 2. The van der Waals surface area contributed by atoms with E-state index in [-0.39, 0.29) is 17.5 Å². The third-order valence-electron chi connectivity index (χ3n) is 6.08. The third kappa shape index (κ3) is 5.70. The fourth-order valence-electron chi connectivity index (χ4n) is 4.30. The number of nitrogens with zero attached hydrogens (tertiary/aromatic N) is 7. The van der Waals surface area contributed by atoms with Crippen LogP contribution in [0.3, 0.4) is 0 Å². The minimum atomic E-state index is -0.339. The van der Waals surface area contributed by atoms with E-state index in [1.165, 1.54) is 17.9 Å². The summed E-state index contributed by atoms with van der Waals surface area (Å²) in [5.41, 5.74) is 4.80. The zero-order chi connectivity index (χ0) is 28.1. The Labute approximate surface area is 230 Å². The first-order valence-electron chi connectivity index (χ1n) is 12.4. The van der Waals surface area contributed by atoms with Crippen LogP contribution in [0.4, 0.5) is 11.5 Å². The Morgan fingerprint density at radius 3 is 2.55 bits per heavy atom. The van der Waals surface area contributed by atoms with E-state index in [1.54, 1.807) is 60.5 Å². The highest BCUT2D eigenvalue weighted by atomic mass is 16.5. The van der Waals surface area contributed by atoms with Gasteiger partial charge in [-0.1, -0.05) is 35.5 Å². The third-order valence-corrected chi connectivity index (χ3v) is 6.08. The molecule has 1 N–H and O–H groups in total. The summed E-state index contributed by atoms with van der Waals surface area (Å²) < 4.78 is 6.86. The fraction of sp³-hybridized carbons (Fsp3) is 0.133. The van der Waals surface area contributed by atoms with Crippen LogP contribution in [0.5, 0.6) is 5.75 Å². The van der Waals surface area contributed by atoms with E-state index in [2.05, 4.69) is 21.4 Å². The van der Waals surface area contributed by atoms with E-state index < -0.39 is 0 Å². The minimum absolute atomic E-state index is 0.0629. The van der Waals surface area contributed by atoms with E-state index in [4.69, 9.17) is 9.72 Å². The summed E-state index contributed by atoms with van der Waals surface area (Å²) in [5, 5.41) is 28.6. The van der Waals surface area contributed by atoms with Crippen LogP contribution in [-0.2, 0) is 22.7 Å². The highest BCUT2D eigenvalue weighted by molar-refractivity contribution is 6.00. The molecule has 3 aromatic heterocycles. The summed E-state index contributed by atoms with van der Waals surface area (Å²) >= 11 is 0. The number of methoxy groups -OCH3 is 1. The predicted octanol–water partition coefficient (Wildman–Crippen LogP) is 4.86. The molecule has 0 aliphatic heterocycles. The molecule has 0 saturated carbocycles. The lowest BCUT2D eigenvalue weighted by molar-refractivity contribution is -0.115. The SMILES string of the molecule is COCc1cccc(Cn2cc(-c3cc(-c4cccc(C#N)c4)nc(N(C(C)=O)c4ccccc4O)c3)nn2)n1. The summed E-state index contributed by atoms with van der Waals surface area (Å²) in [7, 11) is 1.62. The second-order valence-corrected chi connectivity index (χ2v) is 8.99. The van der Waals surface area contributed by atoms with Gasteiger partial charge in [-0.05, 0) is 48.5 Å². The average Bonchev–Trinajstić information content (AvgIpc) is 3.43. The molecule has 0 spiro atoms. The molecule has 0 bridgehead atoms. The van der Waals surface area contributed by atoms with Gasteiger partial charge in [0, 0.05) is 25.2 Å². The number of pyridine rings is 2. The minimum Gasteiger partial charge on any atom is -0.506 e. The van der Waals surface area contributed by atoms with Crippen LogP contribution in [0.1, 0.15) is 23.9 Å². The summed E-state index contributed by atoms with van der Waals surface area (Å²) in [5.74, 6) is -0.118. The number of hydrogen-bond acceptors (Lipinski definition) is 8. The van der Waals surface area contributed by atoms with Crippen molar-refractivity contribution in [3.63, 3.8) is 0 Å². The Balaban J connectivity index is 1.59. The van der Waals surface area contributed by atoms with Crippen molar-refractivity contribution in [3.8, 4) is 34.3 Å². The topological polar surface area (TPSA) is 130 Å². The number of ether oxygens (including phenoxy) is 1. The molecule has 0 atom stereocenters. The standard InChI is InChI=1S/C30H25N7O3/c1-20(38)37(28-11-3-4-12-29(28)39)30-15-23(14-26(33-30)22-8-5-7-21(13-22)16-31)27-18-36(35-34-27)17-24-9-6-10-25(32-24)19-40-2/h3-15,18,39H,17,19H2,1-2H3. The van der Waals surface area contributed by atoms with Gasteiger partial charge in [0.1, 0.15) is 17.3 Å². The Morgan fingerprint density at radius 2 is 1.77 bits per heavy atom. The number of benzene rings is 2. The highest BCUT2D eigenvalue weighted by Gasteiger charge is 2.21. The first-order valence-corrected chi connectivity index (χ1v) is 12.4. The van der Waals surface area contributed by atoms with Gasteiger partial charge in [-0.25, -0.2) is 9.67 Å². The molecule has 198 valence electrons. The van der Waals surface area contributed by atoms with E-state index >= 15 is 0 Å². The second-order valence-electron chi connectivity index (χ2n) is 8.99. The molecule has 0 aliphatic carbocycles. The van der Waals surface area contributed by atoms with Gasteiger partial charge < -0.3 is 9.84 Å². The molecular weight excluding hydrogens is 506 g/mol. The lowest BCUT2D eigenvalue weighted by atomic mass is 10.0. The second kappa shape index (κ2) is 11.6. The van der Waals surface area contributed by atoms with Crippen LogP contribution in [-0.4, -0.2) is 43.1 Å². The number of carbonyl (C=O) groups is 1. The smallest absolute Gasteiger partial charge is 0.229 e. The lowest BCUT2D eigenvalue weighted by Gasteiger charge is -2.22. The molecule has 3 heterocycles. The normalized spacial score (nSPS) is 10.7. The van der Waals surface area contributed by atoms with E-state index in [1.807, 2.05) is 30.3 Å². The summed E-state index contributed by atoms with van der Waals surface area (Å²) in [4.78, 5) is 23.5. The maximum absolute atomic E-state index is 12.9. The average molecular weight is 532 g/mol. The van der Waals surface area contributed by atoms with Crippen LogP contribution in [0.25, 0.3) is 22.5 Å². The Kier molecular flexibility index (Phi) is 7.57. The van der Waals surface area contributed by atoms with Crippen molar-refractivity contribution in [2.45, 2.75) is 20.1 Å². The van der Waals surface area contributed by atoms with Gasteiger partial charge in [0.05, 0.1) is 53.8 Å². The molecular formula is C30H25N7O3. The number of phenolic OH excluding ortho intramolecular Hbond substituents is 1. The predicted molar refractivity (Wildman–Crippen MR) is 148 cm³/mol. The van der Waals surface area contributed by atoms with Crippen molar-refractivity contribution in [3.05, 3.63) is 102 Å². The lowest BCUT2D eigenvalue weighted by Crippen LogP contribution is -2.24. The molecule has 0 saturated heterocycles. The molecule has 5 rings (SSSR count). The van der Waals surface area contributed by atoms with Crippen molar-refractivity contribution in [1.82, 2.24) is 25.0 Å². The number of nitriles is 1. The Bertz CT molecular complexity index is 1720. The van der Waals surface area contributed by atoms with Gasteiger partial charge in [-0.15, -0.1) is 5.10 Å². The molecule has 1 amide bonds. The molecule has 0 radical (unpaired) electrons. The monoisotopic (exact) mass is 531 g/mol. The molecule has 10 nitrogen and oxygen atoms in total. The molecule has 2 aromatic carbocycles. The number of hydrogen-bond donors (Lipinski definition) is 1. The van der Waals surface area contributed by atoms with Crippen molar-refractivity contribution in [1.29, 1.82) is 5.26 Å². The van der Waals surface area contributed by atoms with Gasteiger partial charge in [-0.2, -0.15) is 5.26 Å². The first kappa shape index (κ1) is 26.2. The number of aromatic hydroxyl groups is 1.